The largest absolute Gasteiger partial charge is 0.382 e. The molecule has 0 saturated carbocycles. The van der Waals surface area contributed by atoms with Crippen LogP contribution in [0.4, 0.5) is 0 Å². The fourth-order valence-electron chi connectivity index (χ4n) is 2.06. The average molecular weight is 317 g/mol. The fourth-order valence-corrected chi connectivity index (χ4v) is 5.74. The van der Waals surface area contributed by atoms with E-state index in [1.807, 2.05) is 24.8 Å². The molecule has 0 amide bonds. The Bertz CT molecular complexity index is 530. The average Bonchev–Trinajstić information content (AvgIpc) is 2.93. The monoisotopic (exact) mass is 316 g/mol. The van der Waals surface area contributed by atoms with E-state index in [-0.39, 0.29) is 0 Å². The van der Waals surface area contributed by atoms with Crippen LogP contribution in [0.25, 0.3) is 0 Å². The van der Waals surface area contributed by atoms with Crippen molar-refractivity contribution >= 4 is 46.0 Å². The highest BCUT2D eigenvalue weighted by Crippen LogP contribution is 2.39. The number of fused-ring (bicyclic) bond motifs is 1. The van der Waals surface area contributed by atoms with Crippen molar-refractivity contribution in [3.05, 3.63) is 42.2 Å². The topological polar surface area (TPSA) is 20.2 Å². The summed E-state index contributed by atoms with van der Waals surface area (Å²) in [6, 6.07) is 4.16. The van der Waals surface area contributed by atoms with Gasteiger partial charge in [0.2, 0.25) is 0 Å². The molecule has 0 aliphatic carbocycles. The van der Waals surface area contributed by atoms with Crippen LogP contribution in [-0.2, 0) is 12.2 Å². The normalized spacial score (nSPS) is 16.6. The van der Waals surface area contributed by atoms with E-state index >= 15 is 0 Å². The zero-order chi connectivity index (χ0) is 12.7. The molecule has 0 spiro atoms. The lowest BCUT2D eigenvalue weighted by Gasteiger charge is -2.08. The highest BCUT2D eigenvalue weighted by molar-refractivity contribution is 7.98. The third kappa shape index (κ3) is 2.37. The molecular formula is C13H13ClOS3. The van der Waals surface area contributed by atoms with E-state index in [1.165, 1.54) is 27.5 Å². The molecule has 0 saturated heterocycles. The fraction of sp³-hybridized carbons (Fsp3) is 0.385. The van der Waals surface area contributed by atoms with Crippen LogP contribution in [0, 0.1) is 6.92 Å². The number of hydrogen-bond donors (Lipinski definition) is 1. The number of halogens is 1. The summed E-state index contributed by atoms with van der Waals surface area (Å²) in [7, 11) is 0. The molecular weight excluding hydrogens is 304 g/mol. The molecule has 2 aromatic heterocycles. The van der Waals surface area contributed by atoms with Gasteiger partial charge in [0.05, 0.1) is 4.34 Å². The molecule has 18 heavy (non-hydrogen) atoms. The van der Waals surface area contributed by atoms with E-state index in [1.54, 1.807) is 11.3 Å². The Kier molecular flexibility index (Phi) is 3.74. The molecule has 1 N–H and O–H groups in total. The van der Waals surface area contributed by atoms with Crippen molar-refractivity contribution in [3.8, 4) is 0 Å². The van der Waals surface area contributed by atoms with Crippen LogP contribution >= 0.6 is 46.0 Å². The lowest BCUT2D eigenvalue weighted by molar-refractivity contribution is 0.228. The summed E-state index contributed by atoms with van der Waals surface area (Å²) in [5, 5.41) is 10.4. The first kappa shape index (κ1) is 13.0. The molecule has 2 aromatic rings. The Hall–Kier alpha value is -0.000000000000000167. The number of thioether (sulfide) groups is 1. The van der Waals surface area contributed by atoms with Crippen molar-refractivity contribution in [1.29, 1.82) is 0 Å². The van der Waals surface area contributed by atoms with E-state index in [4.69, 9.17) is 11.6 Å². The molecule has 3 rings (SSSR count). The van der Waals surface area contributed by atoms with Crippen LogP contribution in [-0.4, -0.2) is 10.9 Å². The van der Waals surface area contributed by atoms with Gasteiger partial charge in [-0.1, -0.05) is 11.6 Å². The van der Waals surface area contributed by atoms with Crippen molar-refractivity contribution in [1.82, 2.24) is 0 Å². The summed E-state index contributed by atoms with van der Waals surface area (Å²) in [4.78, 5) is 3.45. The quantitative estimate of drug-likeness (QED) is 0.870. The third-order valence-electron chi connectivity index (χ3n) is 3.06. The van der Waals surface area contributed by atoms with Gasteiger partial charge in [-0.25, -0.2) is 0 Å². The van der Waals surface area contributed by atoms with Crippen LogP contribution < -0.4 is 0 Å². The lowest BCUT2D eigenvalue weighted by atomic mass is 10.2. The number of aliphatic hydroxyl groups is 1. The second kappa shape index (κ2) is 5.17. The molecule has 1 aliphatic heterocycles. The van der Waals surface area contributed by atoms with Crippen LogP contribution in [0.15, 0.2) is 12.1 Å². The first-order valence-corrected chi connectivity index (χ1v) is 8.95. The van der Waals surface area contributed by atoms with E-state index in [9.17, 15) is 5.11 Å². The van der Waals surface area contributed by atoms with Gasteiger partial charge >= 0.3 is 0 Å². The zero-order valence-electron chi connectivity index (χ0n) is 9.90. The van der Waals surface area contributed by atoms with Gasteiger partial charge in [0.25, 0.3) is 0 Å². The standard InChI is InChI=1S/C13H13ClOS3/c1-7-4-10(18-13(7)14)12(15)11-5-8-6-16-3-2-9(8)17-11/h4-5,12,15H,2-3,6H2,1H3. The molecule has 1 aliphatic rings. The first-order chi connectivity index (χ1) is 8.65. The van der Waals surface area contributed by atoms with Gasteiger partial charge in [0.1, 0.15) is 6.10 Å². The van der Waals surface area contributed by atoms with Crippen molar-refractivity contribution in [2.24, 2.45) is 0 Å². The minimum absolute atomic E-state index is 0.512. The van der Waals surface area contributed by atoms with Crippen LogP contribution in [0.1, 0.15) is 31.9 Å². The molecule has 1 atom stereocenters. The molecule has 3 heterocycles. The molecule has 0 bridgehead atoms. The van der Waals surface area contributed by atoms with Gasteiger partial charge in [-0.2, -0.15) is 11.8 Å². The van der Waals surface area contributed by atoms with Gasteiger partial charge in [0, 0.05) is 20.4 Å². The summed E-state index contributed by atoms with van der Waals surface area (Å²) in [6.45, 7) is 1.98. The van der Waals surface area contributed by atoms with Crippen molar-refractivity contribution in [2.45, 2.75) is 25.2 Å². The summed E-state index contributed by atoms with van der Waals surface area (Å²) in [5.74, 6) is 2.29. The maximum absolute atomic E-state index is 10.4. The zero-order valence-corrected chi connectivity index (χ0v) is 13.1. The maximum Gasteiger partial charge on any atom is 0.122 e. The smallest absolute Gasteiger partial charge is 0.122 e. The molecule has 1 unspecified atom stereocenters. The third-order valence-corrected chi connectivity index (χ3v) is 6.97. The number of aryl methyl sites for hydroxylation is 2. The maximum atomic E-state index is 10.4. The predicted molar refractivity (Wildman–Crippen MR) is 82.3 cm³/mol. The SMILES string of the molecule is Cc1cc(C(O)c2cc3c(s2)CCSC3)sc1Cl. The van der Waals surface area contributed by atoms with Crippen molar-refractivity contribution in [2.75, 3.05) is 5.75 Å². The molecule has 0 fully saturated rings. The van der Waals surface area contributed by atoms with Crippen LogP contribution in [0.3, 0.4) is 0 Å². The van der Waals surface area contributed by atoms with Gasteiger partial charge in [-0.3, -0.25) is 0 Å². The van der Waals surface area contributed by atoms with Gasteiger partial charge in [0.15, 0.2) is 0 Å². The Morgan fingerprint density at radius 1 is 1.28 bits per heavy atom. The molecule has 0 radical (unpaired) electrons. The first-order valence-electron chi connectivity index (χ1n) is 5.78. The van der Waals surface area contributed by atoms with E-state index in [2.05, 4.69) is 6.07 Å². The minimum Gasteiger partial charge on any atom is -0.382 e. The number of hydrogen-bond acceptors (Lipinski definition) is 4. The predicted octanol–water partition coefficient (Wildman–Crippen LogP) is 4.64. The summed E-state index contributed by atoms with van der Waals surface area (Å²) >= 11 is 11.3. The van der Waals surface area contributed by atoms with E-state index in [0.29, 0.717) is 0 Å². The summed E-state index contributed by atoms with van der Waals surface area (Å²) in [6.07, 6.45) is 0.628. The highest BCUT2D eigenvalue weighted by Gasteiger charge is 2.20. The molecule has 0 aromatic carbocycles. The van der Waals surface area contributed by atoms with E-state index < -0.39 is 6.10 Å². The lowest BCUT2D eigenvalue weighted by Crippen LogP contribution is -1.96. The highest BCUT2D eigenvalue weighted by atomic mass is 35.5. The van der Waals surface area contributed by atoms with Gasteiger partial charge in [-0.15, -0.1) is 22.7 Å². The van der Waals surface area contributed by atoms with Crippen LogP contribution in [0.2, 0.25) is 4.34 Å². The second-order valence-corrected chi connectivity index (χ2v) is 8.37. The number of rotatable bonds is 2. The summed E-state index contributed by atoms with van der Waals surface area (Å²) in [5.41, 5.74) is 2.46. The Labute approximate surface area is 124 Å². The number of aliphatic hydroxyl groups excluding tert-OH is 1. The Morgan fingerprint density at radius 3 is 2.72 bits per heavy atom. The van der Waals surface area contributed by atoms with Crippen LogP contribution in [0.5, 0.6) is 0 Å². The summed E-state index contributed by atoms with van der Waals surface area (Å²) < 4.78 is 0.779. The van der Waals surface area contributed by atoms with Gasteiger partial charge < -0.3 is 5.11 Å². The van der Waals surface area contributed by atoms with Gasteiger partial charge in [-0.05, 0) is 42.4 Å². The van der Waals surface area contributed by atoms with Crippen molar-refractivity contribution < 1.29 is 5.11 Å². The molecule has 1 nitrogen and oxygen atoms in total. The number of thiophene rings is 2. The second-order valence-electron chi connectivity index (χ2n) is 4.41. The van der Waals surface area contributed by atoms with Crippen molar-refractivity contribution in [3.63, 3.8) is 0 Å². The molecule has 5 heteroatoms. The Morgan fingerprint density at radius 2 is 2.06 bits per heavy atom. The van der Waals surface area contributed by atoms with E-state index in [0.717, 1.165) is 31.8 Å². The Balaban J connectivity index is 1.92. The molecule has 96 valence electrons. The minimum atomic E-state index is -0.512.